The van der Waals surface area contributed by atoms with Crippen LogP contribution in [0.1, 0.15) is 6.23 Å². The van der Waals surface area contributed by atoms with E-state index < -0.39 is 0 Å². The average molecular weight is 201 g/mol. The summed E-state index contributed by atoms with van der Waals surface area (Å²) in [6.07, 6.45) is 4.40. The number of rotatable bonds is 4. The summed E-state index contributed by atoms with van der Waals surface area (Å²) in [6.45, 7) is 3.70. The Morgan fingerprint density at radius 2 is 2.13 bits per heavy atom. The van der Waals surface area contributed by atoms with Gasteiger partial charge in [-0.15, -0.1) is 0 Å². The fourth-order valence-electron chi connectivity index (χ4n) is 1.20. The lowest BCUT2D eigenvalue weighted by Crippen LogP contribution is -2.13. The smallest absolute Gasteiger partial charge is 0.212 e. The molecule has 0 N–H and O–H groups in total. The van der Waals surface area contributed by atoms with E-state index in [0.29, 0.717) is 0 Å². The third kappa shape index (κ3) is 2.22. The number of aromatic nitrogens is 3. The summed E-state index contributed by atoms with van der Waals surface area (Å²) in [5.41, 5.74) is 0. The van der Waals surface area contributed by atoms with E-state index in [9.17, 15) is 0 Å². The van der Waals surface area contributed by atoms with E-state index in [2.05, 4.69) is 16.7 Å². The topological polar surface area (TPSA) is 39.9 Å². The summed E-state index contributed by atoms with van der Waals surface area (Å²) >= 11 is 0. The molecule has 0 aliphatic rings. The predicted octanol–water partition coefficient (Wildman–Crippen LogP) is 2.04. The number of hydrogen-bond donors (Lipinski definition) is 0. The number of benzene rings is 1. The minimum absolute atomic E-state index is 0.324. The van der Waals surface area contributed by atoms with Crippen molar-refractivity contribution in [2.75, 3.05) is 0 Å². The van der Waals surface area contributed by atoms with E-state index >= 15 is 0 Å². The van der Waals surface area contributed by atoms with Gasteiger partial charge in [0.05, 0.1) is 0 Å². The molecular weight excluding hydrogens is 190 g/mol. The monoisotopic (exact) mass is 201 g/mol. The zero-order valence-corrected chi connectivity index (χ0v) is 8.15. The first-order valence-electron chi connectivity index (χ1n) is 4.58. The van der Waals surface area contributed by atoms with Gasteiger partial charge in [0.25, 0.3) is 0 Å². The third-order valence-corrected chi connectivity index (χ3v) is 1.90. The molecule has 0 saturated carbocycles. The van der Waals surface area contributed by atoms with Crippen molar-refractivity contribution in [2.45, 2.75) is 6.23 Å². The van der Waals surface area contributed by atoms with Crippen molar-refractivity contribution in [3.05, 3.63) is 55.6 Å². The summed E-state index contributed by atoms with van der Waals surface area (Å²) in [6, 6.07) is 9.53. The van der Waals surface area contributed by atoms with Crippen LogP contribution in [0.25, 0.3) is 0 Å². The van der Waals surface area contributed by atoms with Gasteiger partial charge in [0.1, 0.15) is 18.4 Å². The maximum absolute atomic E-state index is 5.65. The molecule has 1 atom stereocenters. The molecule has 0 amide bonds. The molecule has 0 radical (unpaired) electrons. The second-order valence-electron chi connectivity index (χ2n) is 2.93. The van der Waals surface area contributed by atoms with Crippen LogP contribution in [0, 0.1) is 0 Å². The Kier molecular flexibility index (Phi) is 2.78. The van der Waals surface area contributed by atoms with Gasteiger partial charge in [-0.3, -0.25) is 0 Å². The van der Waals surface area contributed by atoms with Crippen LogP contribution in [0.15, 0.2) is 55.6 Å². The van der Waals surface area contributed by atoms with Crippen LogP contribution in [0.2, 0.25) is 0 Å². The van der Waals surface area contributed by atoms with Crippen molar-refractivity contribution in [3.8, 4) is 5.75 Å². The number of ether oxygens (including phenoxy) is 1. The molecule has 0 fully saturated rings. The van der Waals surface area contributed by atoms with Crippen LogP contribution in [-0.4, -0.2) is 14.8 Å². The molecule has 0 bridgehead atoms. The highest BCUT2D eigenvalue weighted by molar-refractivity contribution is 5.21. The molecule has 0 aliphatic carbocycles. The standard InChI is InChI=1S/C11H11N3O/c1-2-11(14-9-12-8-13-14)15-10-6-4-3-5-7-10/h2-9,11H,1H2. The van der Waals surface area contributed by atoms with Gasteiger partial charge in [-0.1, -0.05) is 24.8 Å². The van der Waals surface area contributed by atoms with Crippen LogP contribution in [0.3, 0.4) is 0 Å². The minimum Gasteiger partial charge on any atom is -0.465 e. The van der Waals surface area contributed by atoms with Crippen molar-refractivity contribution in [1.29, 1.82) is 0 Å². The van der Waals surface area contributed by atoms with E-state index in [1.165, 1.54) is 6.33 Å². The molecule has 1 heterocycles. The lowest BCUT2D eigenvalue weighted by molar-refractivity contribution is 0.167. The SMILES string of the molecule is C=CC(Oc1ccccc1)n1cncn1. The van der Waals surface area contributed by atoms with Crippen LogP contribution in [0.5, 0.6) is 5.75 Å². The quantitative estimate of drug-likeness (QED) is 0.711. The van der Waals surface area contributed by atoms with Gasteiger partial charge >= 0.3 is 0 Å². The first-order chi connectivity index (χ1) is 7.40. The van der Waals surface area contributed by atoms with E-state index in [1.54, 1.807) is 17.1 Å². The summed E-state index contributed by atoms with van der Waals surface area (Å²) in [4.78, 5) is 3.86. The van der Waals surface area contributed by atoms with E-state index in [1.807, 2.05) is 30.3 Å². The van der Waals surface area contributed by atoms with Crippen LogP contribution >= 0.6 is 0 Å². The number of para-hydroxylation sites is 1. The van der Waals surface area contributed by atoms with Crippen LogP contribution < -0.4 is 4.74 Å². The van der Waals surface area contributed by atoms with E-state index in [0.717, 1.165) is 5.75 Å². The summed E-state index contributed by atoms with van der Waals surface area (Å²) in [5.74, 6) is 0.776. The molecule has 1 unspecified atom stereocenters. The Labute approximate surface area is 87.8 Å². The molecule has 76 valence electrons. The highest BCUT2D eigenvalue weighted by Crippen LogP contribution is 2.16. The van der Waals surface area contributed by atoms with Crippen molar-refractivity contribution in [1.82, 2.24) is 14.8 Å². The Morgan fingerprint density at radius 3 is 2.73 bits per heavy atom. The van der Waals surface area contributed by atoms with Crippen molar-refractivity contribution in [2.24, 2.45) is 0 Å². The Bertz CT molecular complexity index is 411. The molecule has 1 aromatic carbocycles. The molecule has 15 heavy (non-hydrogen) atoms. The highest BCUT2D eigenvalue weighted by Gasteiger charge is 2.07. The largest absolute Gasteiger partial charge is 0.465 e. The molecule has 4 nitrogen and oxygen atoms in total. The van der Waals surface area contributed by atoms with Crippen molar-refractivity contribution >= 4 is 0 Å². The molecule has 2 aromatic rings. The third-order valence-electron chi connectivity index (χ3n) is 1.90. The van der Waals surface area contributed by atoms with Crippen molar-refractivity contribution < 1.29 is 4.74 Å². The second kappa shape index (κ2) is 4.41. The summed E-state index contributed by atoms with van der Waals surface area (Å²) < 4.78 is 7.25. The normalized spacial score (nSPS) is 12.0. The highest BCUT2D eigenvalue weighted by atomic mass is 16.5. The average Bonchev–Trinajstić information content (AvgIpc) is 2.81. The first-order valence-corrected chi connectivity index (χ1v) is 4.58. The molecule has 4 heteroatoms. The van der Waals surface area contributed by atoms with Crippen molar-refractivity contribution in [3.63, 3.8) is 0 Å². The number of hydrogen-bond acceptors (Lipinski definition) is 3. The Hall–Kier alpha value is -2.10. The fourth-order valence-corrected chi connectivity index (χ4v) is 1.20. The zero-order chi connectivity index (χ0) is 10.5. The van der Waals surface area contributed by atoms with Crippen LogP contribution in [-0.2, 0) is 0 Å². The van der Waals surface area contributed by atoms with Gasteiger partial charge in [-0.2, -0.15) is 5.10 Å². The summed E-state index contributed by atoms with van der Waals surface area (Å²) in [5, 5.41) is 3.99. The molecule has 0 spiro atoms. The Balaban J connectivity index is 2.13. The number of nitrogens with zero attached hydrogens (tertiary/aromatic N) is 3. The van der Waals surface area contributed by atoms with Crippen LogP contribution in [0.4, 0.5) is 0 Å². The summed E-state index contributed by atoms with van der Waals surface area (Å²) in [7, 11) is 0. The van der Waals surface area contributed by atoms with Gasteiger partial charge < -0.3 is 4.74 Å². The zero-order valence-electron chi connectivity index (χ0n) is 8.15. The lowest BCUT2D eigenvalue weighted by atomic mass is 10.3. The first kappa shape index (κ1) is 9.45. The van der Waals surface area contributed by atoms with E-state index in [-0.39, 0.29) is 6.23 Å². The van der Waals surface area contributed by atoms with Gasteiger partial charge in [0, 0.05) is 0 Å². The second-order valence-corrected chi connectivity index (χ2v) is 2.93. The van der Waals surface area contributed by atoms with Gasteiger partial charge in [-0.25, -0.2) is 9.67 Å². The minimum atomic E-state index is -0.324. The van der Waals surface area contributed by atoms with Gasteiger partial charge in [0.15, 0.2) is 0 Å². The maximum atomic E-state index is 5.65. The fraction of sp³-hybridized carbons (Fsp3) is 0.0909. The maximum Gasteiger partial charge on any atom is 0.212 e. The molecule has 0 aliphatic heterocycles. The van der Waals surface area contributed by atoms with E-state index in [4.69, 9.17) is 4.74 Å². The lowest BCUT2D eigenvalue weighted by Gasteiger charge is -2.14. The Morgan fingerprint density at radius 1 is 1.33 bits per heavy atom. The van der Waals surface area contributed by atoms with Gasteiger partial charge in [0.2, 0.25) is 6.23 Å². The van der Waals surface area contributed by atoms with Gasteiger partial charge in [-0.05, 0) is 18.2 Å². The predicted molar refractivity (Wildman–Crippen MR) is 56.3 cm³/mol. The molecule has 2 rings (SSSR count). The molecule has 0 saturated heterocycles. The molecular formula is C11H11N3O. The molecule has 1 aromatic heterocycles.